The van der Waals surface area contributed by atoms with Crippen LogP contribution in [0, 0.1) is 11.3 Å². The Hall–Kier alpha value is -1.54. The van der Waals surface area contributed by atoms with Crippen LogP contribution in [0.25, 0.3) is 0 Å². The summed E-state index contributed by atoms with van der Waals surface area (Å²) in [5.41, 5.74) is 4.65. The van der Waals surface area contributed by atoms with Crippen molar-refractivity contribution in [2.45, 2.75) is 93.1 Å². The van der Waals surface area contributed by atoms with Crippen molar-refractivity contribution in [3.05, 3.63) is 17.4 Å². The van der Waals surface area contributed by atoms with Gasteiger partial charge in [0.25, 0.3) is 0 Å². The molecule has 0 amide bonds. The average molecular weight is 367 g/mol. The Morgan fingerprint density at radius 2 is 1.77 bits per heavy atom. The Balaban J connectivity index is 4.46. The second kappa shape index (κ2) is 12.8. The predicted molar refractivity (Wildman–Crippen MR) is 106 cm³/mol. The van der Waals surface area contributed by atoms with Crippen LogP contribution in [-0.2, 0) is 19.1 Å². The molecule has 0 fully saturated rings. The van der Waals surface area contributed by atoms with Gasteiger partial charge in [-0.15, -0.1) is 5.73 Å². The average Bonchev–Trinajstić information content (AvgIpc) is 2.56. The monoisotopic (exact) mass is 366 g/mol. The standard InChI is InChI=1S/C22H38O4/c1-8-10-15-22(6,7)16-14-18(5)12-11-13-19(23)26-20(17(3)4)21(24)25-9-2/h16-17,20H,8-13,15H2,1-7H3. The van der Waals surface area contributed by atoms with E-state index in [-0.39, 0.29) is 23.9 Å². The first-order chi connectivity index (χ1) is 12.1. The quantitative estimate of drug-likeness (QED) is 0.333. The number of rotatable bonds is 12. The minimum absolute atomic E-state index is 0.104. The molecule has 0 bridgehead atoms. The van der Waals surface area contributed by atoms with Crippen molar-refractivity contribution in [2.24, 2.45) is 11.3 Å². The summed E-state index contributed by atoms with van der Waals surface area (Å²) in [5.74, 6) is -0.922. The molecule has 0 aliphatic rings. The maximum Gasteiger partial charge on any atom is 0.347 e. The molecule has 26 heavy (non-hydrogen) atoms. The molecule has 150 valence electrons. The molecule has 0 aromatic carbocycles. The van der Waals surface area contributed by atoms with E-state index in [9.17, 15) is 9.59 Å². The Kier molecular flexibility index (Phi) is 12.0. The maximum absolute atomic E-state index is 12.0. The van der Waals surface area contributed by atoms with Gasteiger partial charge in [-0.1, -0.05) is 47.5 Å². The van der Waals surface area contributed by atoms with Gasteiger partial charge in [0, 0.05) is 12.3 Å². The molecule has 4 heteroatoms. The van der Waals surface area contributed by atoms with Gasteiger partial charge in [-0.25, -0.2) is 4.79 Å². The summed E-state index contributed by atoms with van der Waals surface area (Å²) in [5, 5.41) is 0. The van der Waals surface area contributed by atoms with E-state index in [1.165, 1.54) is 12.8 Å². The van der Waals surface area contributed by atoms with Gasteiger partial charge in [-0.05, 0) is 50.2 Å². The Morgan fingerprint density at radius 3 is 2.31 bits per heavy atom. The molecule has 0 aromatic rings. The molecule has 0 N–H and O–H groups in total. The van der Waals surface area contributed by atoms with Crippen LogP contribution in [0.1, 0.15) is 87.0 Å². The lowest BCUT2D eigenvalue weighted by Crippen LogP contribution is -2.33. The van der Waals surface area contributed by atoms with Crippen molar-refractivity contribution in [3.8, 4) is 0 Å². The van der Waals surface area contributed by atoms with Gasteiger partial charge in [0.15, 0.2) is 0 Å². The Bertz CT molecular complexity index is 496. The lowest BCUT2D eigenvalue weighted by molar-refractivity contribution is -0.170. The van der Waals surface area contributed by atoms with Crippen molar-refractivity contribution in [1.29, 1.82) is 0 Å². The molecule has 0 radical (unpaired) electrons. The molecule has 0 aromatic heterocycles. The van der Waals surface area contributed by atoms with Crippen LogP contribution in [0.3, 0.4) is 0 Å². The maximum atomic E-state index is 12.0. The lowest BCUT2D eigenvalue weighted by Gasteiger charge is -2.19. The Labute approximate surface area is 160 Å². The summed E-state index contributed by atoms with van der Waals surface area (Å²) in [4.78, 5) is 23.9. The van der Waals surface area contributed by atoms with Crippen LogP contribution in [-0.4, -0.2) is 24.6 Å². The zero-order valence-electron chi connectivity index (χ0n) is 17.8. The van der Waals surface area contributed by atoms with E-state index in [2.05, 4.69) is 32.6 Å². The normalized spacial score (nSPS) is 12.3. The van der Waals surface area contributed by atoms with Crippen molar-refractivity contribution >= 4 is 11.9 Å². The number of hydrogen-bond acceptors (Lipinski definition) is 4. The fraction of sp³-hybridized carbons (Fsp3) is 0.773. The number of unbranched alkanes of at least 4 members (excludes halogenated alkanes) is 1. The summed E-state index contributed by atoms with van der Waals surface area (Å²) in [6.45, 7) is 14.4. The minimum atomic E-state index is -0.821. The highest BCUT2D eigenvalue weighted by molar-refractivity contribution is 5.79. The molecule has 1 atom stereocenters. The fourth-order valence-corrected chi connectivity index (χ4v) is 2.47. The van der Waals surface area contributed by atoms with Crippen LogP contribution in [0.15, 0.2) is 17.4 Å². The van der Waals surface area contributed by atoms with Crippen molar-refractivity contribution in [1.82, 2.24) is 0 Å². The molecular formula is C22H38O4. The molecule has 0 saturated carbocycles. The number of esters is 2. The molecule has 0 saturated heterocycles. The van der Waals surface area contributed by atoms with Crippen molar-refractivity contribution in [3.63, 3.8) is 0 Å². The highest BCUT2D eigenvalue weighted by Gasteiger charge is 2.27. The number of allylic oxidation sites excluding steroid dienone is 1. The Morgan fingerprint density at radius 1 is 1.12 bits per heavy atom. The third-order valence-corrected chi connectivity index (χ3v) is 4.20. The molecule has 1 unspecified atom stereocenters. The van der Waals surface area contributed by atoms with Gasteiger partial charge in [0.05, 0.1) is 6.61 Å². The van der Waals surface area contributed by atoms with E-state index in [1.807, 2.05) is 20.8 Å². The van der Waals surface area contributed by atoms with Gasteiger partial charge < -0.3 is 9.47 Å². The van der Waals surface area contributed by atoms with E-state index >= 15 is 0 Å². The smallest absolute Gasteiger partial charge is 0.347 e. The molecule has 0 aliphatic carbocycles. The van der Waals surface area contributed by atoms with Crippen molar-refractivity contribution in [2.75, 3.05) is 6.61 Å². The molecule has 0 aliphatic heterocycles. The number of carbonyl (C=O) groups is 2. The first-order valence-electron chi connectivity index (χ1n) is 9.92. The minimum Gasteiger partial charge on any atom is -0.463 e. The third-order valence-electron chi connectivity index (χ3n) is 4.20. The van der Waals surface area contributed by atoms with E-state index in [0.717, 1.165) is 18.4 Å². The molecule has 0 heterocycles. The lowest BCUT2D eigenvalue weighted by atomic mass is 9.87. The summed E-state index contributed by atoms with van der Waals surface area (Å²) >= 11 is 0. The predicted octanol–water partition coefficient (Wildman–Crippen LogP) is 5.61. The van der Waals surface area contributed by atoms with Gasteiger partial charge in [-0.2, -0.15) is 0 Å². The highest BCUT2D eigenvalue weighted by Crippen LogP contribution is 2.24. The SMILES string of the molecule is CCCCC(C)(C)C=C=C(C)CCCC(=O)OC(C(=O)OCC)C(C)C. The molecule has 4 nitrogen and oxygen atoms in total. The summed E-state index contributed by atoms with van der Waals surface area (Å²) in [6.07, 6.45) is 6.67. The summed E-state index contributed by atoms with van der Waals surface area (Å²) in [6, 6.07) is 0. The first-order valence-corrected chi connectivity index (χ1v) is 9.92. The number of ether oxygens (including phenoxy) is 2. The second-order valence-electron chi connectivity index (χ2n) is 7.92. The third kappa shape index (κ3) is 11.1. The summed E-state index contributed by atoms with van der Waals surface area (Å²) in [7, 11) is 0. The molecule has 0 rings (SSSR count). The molecule has 0 spiro atoms. The number of hydrogen-bond donors (Lipinski definition) is 0. The largest absolute Gasteiger partial charge is 0.463 e. The van der Waals surface area contributed by atoms with Crippen molar-refractivity contribution < 1.29 is 19.1 Å². The van der Waals surface area contributed by atoms with E-state index in [0.29, 0.717) is 12.8 Å². The van der Waals surface area contributed by atoms with E-state index in [1.54, 1.807) is 6.92 Å². The van der Waals surface area contributed by atoms with Crippen LogP contribution in [0.2, 0.25) is 0 Å². The zero-order chi connectivity index (χ0) is 20.2. The first kappa shape index (κ1) is 24.5. The topological polar surface area (TPSA) is 52.6 Å². The number of carbonyl (C=O) groups excluding carboxylic acids is 2. The van der Waals surface area contributed by atoms with Gasteiger partial charge >= 0.3 is 11.9 Å². The van der Waals surface area contributed by atoms with Crippen LogP contribution >= 0.6 is 0 Å². The zero-order valence-corrected chi connectivity index (χ0v) is 17.8. The van der Waals surface area contributed by atoms with E-state index < -0.39 is 12.1 Å². The van der Waals surface area contributed by atoms with Crippen LogP contribution in [0.4, 0.5) is 0 Å². The van der Waals surface area contributed by atoms with Gasteiger partial charge in [0.2, 0.25) is 6.10 Å². The van der Waals surface area contributed by atoms with Gasteiger partial charge in [-0.3, -0.25) is 4.79 Å². The van der Waals surface area contributed by atoms with Crippen LogP contribution < -0.4 is 0 Å². The second-order valence-corrected chi connectivity index (χ2v) is 7.92. The van der Waals surface area contributed by atoms with E-state index in [4.69, 9.17) is 9.47 Å². The highest BCUT2D eigenvalue weighted by atomic mass is 16.6. The summed E-state index contributed by atoms with van der Waals surface area (Å²) < 4.78 is 10.3. The van der Waals surface area contributed by atoms with Crippen LogP contribution in [0.5, 0.6) is 0 Å². The molecular weight excluding hydrogens is 328 g/mol. The fourth-order valence-electron chi connectivity index (χ4n) is 2.47. The van der Waals surface area contributed by atoms with Gasteiger partial charge in [0.1, 0.15) is 0 Å².